The number of halogens is 1. The fourth-order valence-corrected chi connectivity index (χ4v) is 2.64. The molecule has 1 amide bonds. The third-order valence-electron chi connectivity index (χ3n) is 2.52. The van der Waals surface area contributed by atoms with Crippen LogP contribution in [0.4, 0.5) is 11.4 Å². The number of rotatable bonds is 7. The van der Waals surface area contributed by atoms with Gasteiger partial charge in [0.15, 0.2) is 9.84 Å². The Morgan fingerprint density at radius 2 is 2.10 bits per heavy atom. The van der Waals surface area contributed by atoms with Crippen molar-refractivity contribution in [3.63, 3.8) is 0 Å². The minimum Gasteiger partial charge on any atom is -0.397 e. The number of nitrogen functional groups attached to an aromatic ring is 1. The van der Waals surface area contributed by atoms with Crippen molar-refractivity contribution >= 4 is 38.7 Å². The first-order valence-corrected chi connectivity index (χ1v) is 8.08. The summed E-state index contributed by atoms with van der Waals surface area (Å²) in [4.78, 5) is 11.6. The van der Waals surface area contributed by atoms with Crippen molar-refractivity contribution in [1.29, 1.82) is 0 Å². The number of hydrogen-bond donors (Lipinski definition) is 2. The van der Waals surface area contributed by atoms with Crippen LogP contribution in [0, 0.1) is 0 Å². The molecule has 20 heavy (non-hydrogen) atoms. The first-order valence-electron chi connectivity index (χ1n) is 5.88. The van der Waals surface area contributed by atoms with Crippen molar-refractivity contribution in [3.8, 4) is 0 Å². The second kappa shape index (κ2) is 7.47. The van der Waals surface area contributed by atoms with Gasteiger partial charge in [0.2, 0.25) is 5.91 Å². The van der Waals surface area contributed by atoms with Crippen molar-refractivity contribution < 1.29 is 17.9 Å². The molecular formula is C12H17ClN2O4S. The van der Waals surface area contributed by atoms with Crippen LogP contribution in [0.25, 0.3) is 0 Å². The van der Waals surface area contributed by atoms with Gasteiger partial charge in [-0.05, 0) is 18.2 Å². The third-order valence-corrected chi connectivity index (χ3v) is 4.48. The van der Waals surface area contributed by atoms with E-state index in [-0.39, 0.29) is 24.5 Å². The van der Waals surface area contributed by atoms with Gasteiger partial charge in [0, 0.05) is 19.2 Å². The number of carbonyl (C=O) groups excluding carboxylic acids is 1. The quantitative estimate of drug-likeness (QED) is 0.738. The Morgan fingerprint density at radius 3 is 2.70 bits per heavy atom. The van der Waals surface area contributed by atoms with Crippen molar-refractivity contribution in [1.82, 2.24) is 0 Å². The second-order valence-electron chi connectivity index (χ2n) is 4.18. The molecule has 0 radical (unpaired) electrons. The Morgan fingerprint density at radius 1 is 1.40 bits per heavy atom. The molecule has 0 spiro atoms. The Kier molecular flexibility index (Phi) is 6.25. The van der Waals surface area contributed by atoms with Gasteiger partial charge in [-0.2, -0.15) is 0 Å². The molecule has 112 valence electrons. The van der Waals surface area contributed by atoms with Crippen molar-refractivity contribution in [2.45, 2.75) is 6.42 Å². The molecule has 1 aromatic rings. The van der Waals surface area contributed by atoms with E-state index >= 15 is 0 Å². The fraction of sp³-hybridized carbons (Fsp3) is 0.417. The lowest BCUT2D eigenvalue weighted by molar-refractivity contribution is -0.115. The van der Waals surface area contributed by atoms with Crippen LogP contribution in [0.3, 0.4) is 0 Å². The zero-order valence-electron chi connectivity index (χ0n) is 11.1. The summed E-state index contributed by atoms with van der Waals surface area (Å²) >= 11 is 5.76. The average Bonchev–Trinajstić information content (AvgIpc) is 2.39. The molecule has 0 atom stereocenters. The zero-order valence-corrected chi connectivity index (χ0v) is 12.6. The van der Waals surface area contributed by atoms with Crippen LogP contribution in [-0.2, 0) is 19.4 Å². The predicted octanol–water partition coefficient (Wildman–Crippen LogP) is 1.31. The van der Waals surface area contributed by atoms with Crippen LogP contribution >= 0.6 is 11.6 Å². The summed E-state index contributed by atoms with van der Waals surface area (Å²) in [6, 6.07) is 4.66. The van der Waals surface area contributed by atoms with Crippen LogP contribution in [0.1, 0.15) is 6.42 Å². The maximum atomic E-state index is 11.6. The number of amides is 1. The third kappa shape index (κ3) is 5.77. The molecule has 0 aliphatic heterocycles. The van der Waals surface area contributed by atoms with E-state index in [0.29, 0.717) is 16.4 Å². The second-order valence-corrected chi connectivity index (χ2v) is 6.89. The van der Waals surface area contributed by atoms with Crippen LogP contribution < -0.4 is 11.1 Å². The van der Waals surface area contributed by atoms with Crippen LogP contribution in [0.15, 0.2) is 18.2 Å². The van der Waals surface area contributed by atoms with Gasteiger partial charge in [-0.15, -0.1) is 0 Å². The minimum atomic E-state index is -3.28. The smallest absolute Gasteiger partial charge is 0.225 e. The lowest BCUT2D eigenvalue weighted by atomic mass is 10.2. The Labute approximate surface area is 123 Å². The number of nitrogens with two attached hydrogens (primary N) is 1. The summed E-state index contributed by atoms with van der Waals surface area (Å²) in [5, 5.41) is 2.96. The number of hydrogen-bond acceptors (Lipinski definition) is 5. The Hall–Kier alpha value is -1.31. The molecule has 6 nitrogen and oxygen atoms in total. The monoisotopic (exact) mass is 320 g/mol. The van der Waals surface area contributed by atoms with E-state index in [2.05, 4.69) is 5.32 Å². The van der Waals surface area contributed by atoms with E-state index in [0.717, 1.165) is 0 Å². The number of anilines is 2. The predicted molar refractivity (Wildman–Crippen MR) is 79.6 cm³/mol. The van der Waals surface area contributed by atoms with Gasteiger partial charge in [-0.25, -0.2) is 8.42 Å². The summed E-state index contributed by atoms with van der Waals surface area (Å²) in [6.07, 6.45) is -0.116. The highest BCUT2D eigenvalue weighted by Crippen LogP contribution is 2.22. The SMILES string of the molecule is COCCS(=O)(=O)CCC(=O)Nc1ccc(Cl)c(N)c1. The maximum Gasteiger partial charge on any atom is 0.225 e. The summed E-state index contributed by atoms with van der Waals surface area (Å²) in [6.45, 7) is 0.123. The first-order chi connectivity index (χ1) is 9.34. The normalized spacial score (nSPS) is 11.3. The fourth-order valence-electron chi connectivity index (χ4n) is 1.41. The number of sulfone groups is 1. The summed E-state index contributed by atoms with van der Waals surface area (Å²) in [5.74, 6) is -0.705. The van der Waals surface area contributed by atoms with E-state index in [1.807, 2.05) is 0 Å². The average molecular weight is 321 g/mol. The topological polar surface area (TPSA) is 98.5 Å². The highest BCUT2D eigenvalue weighted by molar-refractivity contribution is 7.91. The molecule has 8 heteroatoms. The van der Waals surface area contributed by atoms with Crippen molar-refractivity contribution in [2.24, 2.45) is 0 Å². The molecule has 0 aromatic heterocycles. The highest BCUT2D eigenvalue weighted by atomic mass is 35.5. The summed E-state index contributed by atoms with van der Waals surface area (Å²) in [7, 11) is -1.85. The molecule has 0 aliphatic rings. The number of ether oxygens (including phenoxy) is 1. The van der Waals surface area contributed by atoms with Gasteiger partial charge in [-0.1, -0.05) is 11.6 Å². The van der Waals surface area contributed by atoms with Crippen LogP contribution in [0.2, 0.25) is 5.02 Å². The zero-order chi connectivity index (χ0) is 15.2. The maximum absolute atomic E-state index is 11.6. The minimum absolute atomic E-state index is 0.0926. The van der Waals surface area contributed by atoms with Gasteiger partial charge in [-0.3, -0.25) is 4.79 Å². The lowest BCUT2D eigenvalue weighted by Crippen LogP contribution is -2.20. The molecule has 0 aliphatic carbocycles. The molecule has 1 rings (SSSR count). The van der Waals surface area contributed by atoms with E-state index in [1.54, 1.807) is 12.1 Å². The highest BCUT2D eigenvalue weighted by Gasteiger charge is 2.13. The van der Waals surface area contributed by atoms with Gasteiger partial charge in [0.05, 0.1) is 28.8 Å². The lowest BCUT2D eigenvalue weighted by Gasteiger charge is -2.07. The summed E-state index contributed by atoms with van der Waals surface area (Å²) < 4.78 is 27.8. The van der Waals surface area contributed by atoms with Gasteiger partial charge in [0.25, 0.3) is 0 Å². The number of benzene rings is 1. The molecule has 0 bridgehead atoms. The molecular weight excluding hydrogens is 304 g/mol. The van der Waals surface area contributed by atoms with E-state index in [9.17, 15) is 13.2 Å². The van der Waals surface area contributed by atoms with Crippen LogP contribution in [0.5, 0.6) is 0 Å². The molecule has 0 fully saturated rings. The standard InChI is InChI=1S/C12H17ClN2O4S/c1-19-5-7-20(17,18)6-4-12(16)15-9-2-3-10(13)11(14)8-9/h2-3,8H,4-7,14H2,1H3,(H,15,16). The Balaban J connectivity index is 2.49. The molecule has 0 heterocycles. The molecule has 0 saturated carbocycles. The van der Waals surface area contributed by atoms with Gasteiger partial charge in [0.1, 0.15) is 0 Å². The van der Waals surface area contributed by atoms with Crippen LogP contribution in [-0.4, -0.2) is 39.5 Å². The number of carbonyl (C=O) groups is 1. The molecule has 1 aromatic carbocycles. The molecule has 0 saturated heterocycles. The number of nitrogens with one attached hydrogen (secondary N) is 1. The summed E-state index contributed by atoms with van der Waals surface area (Å²) in [5.41, 5.74) is 6.42. The van der Waals surface area contributed by atoms with E-state index < -0.39 is 15.7 Å². The van der Waals surface area contributed by atoms with Gasteiger partial charge < -0.3 is 15.8 Å². The molecule has 3 N–H and O–H groups in total. The van der Waals surface area contributed by atoms with Gasteiger partial charge >= 0.3 is 0 Å². The van der Waals surface area contributed by atoms with E-state index in [1.165, 1.54) is 13.2 Å². The Bertz CT molecular complexity index is 575. The first kappa shape index (κ1) is 16.7. The van der Waals surface area contributed by atoms with Crippen molar-refractivity contribution in [2.75, 3.05) is 36.3 Å². The largest absolute Gasteiger partial charge is 0.397 e. The van der Waals surface area contributed by atoms with E-state index in [4.69, 9.17) is 22.1 Å². The van der Waals surface area contributed by atoms with Crippen molar-refractivity contribution in [3.05, 3.63) is 23.2 Å². The number of methoxy groups -OCH3 is 1. The molecule has 0 unspecified atom stereocenters.